The molecule has 0 aromatic heterocycles. The number of carbonyl (C=O) groups excluding carboxylic acids is 1. The molecule has 0 aliphatic heterocycles. The Morgan fingerprint density at radius 2 is 1.86 bits per heavy atom. The maximum Gasteiger partial charge on any atom is 0.253 e. The van der Waals surface area contributed by atoms with Crippen molar-refractivity contribution >= 4 is 11.7 Å². The van der Waals surface area contributed by atoms with E-state index in [0.29, 0.717) is 25.1 Å². The molecule has 1 aromatic carbocycles. The lowest BCUT2D eigenvalue weighted by atomic mass is 9.86. The monoisotopic (exact) mass is 291 g/mol. The van der Waals surface area contributed by atoms with E-state index in [1.165, 1.54) is 5.56 Å². The van der Waals surface area contributed by atoms with Crippen LogP contribution in [0.15, 0.2) is 29.4 Å². The summed E-state index contributed by atoms with van der Waals surface area (Å²) in [5.41, 5.74) is 7.36. The summed E-state index contributed by atoms with van der Waals surface area (Å²) in [7, 11) is 0. The van der Waals surface area contributed by atoms with E-state index < -0.39 is 0 Å². The van der Waals surface area contributed by atoms with Crippen LogP contribution in [0.25, 0.3) is 0 Å². The lowest BCUT2D eigenvalue weighted by Crippen LogP contribution is -2.34. The van der Waals surface area contributed by atoms with Gasteiger partial charge in [-0.05, 0) is 30.0 Å². The molecule has 116 valence electrons. The van der Waals surface area contributed by atoms with E-state index in [0.717, 1.165) is 0 Å². The summed E-state index contributed by atoms with van der Waals surface area (Å²) in [6.45, 7) is 9.34. The zero-order chi connectivity index (χ0) is 16.0. The summed E-state index contributed by atoms with van der Waals surface area (Å²) in [5, 5.41) is 11.5. The van der Waals surface area contributed by atoms with Crippen LogP contribution in [0.4, 0.5) is 0 Å². The van der Waals surface area contributed by atoms with Crippen LogP contribution < -0.4 is 5.73 Å². The Morgan fingerprint density at radius 3 is 2.29 bits per heavy atom. The van der Waals surface area contributed by atoms with Crippen molar-refractivity contribution in [1.82, 2.24) is 4.90 Å². The van der Waals surface area contributed by atoms with Gasteiger partial charge in [-0.3, -0.25) is 4.79 Å². The molecular weight excluding hydrogens is 266 g/mol. The van der Waals surface area contributed by atoms with Crippen molar-refractivity contribution in [1.29, 1.82) is 0 Å². The van der Waals surface area contributed by atoms with E-state index in [1.54, 1.807) is 4.90 Å². The Kier molecular flexibility index (Phi) is 5.76. The van der Waals surface area contributed by atoms with Gasteiger partial charge in [0.05, 0.1) is 0 Å². The third-order valence-electron chi connectivity index (χ3n) is 3.43. The minimum absolute atomic E-state index is 0.0382. The molecule has 0 radical (unpaired) electrons. The Bertz CT molecular complexity index is 501. The van der Waals surface area contributed by atoms with Gasteiger partial charge in [-0.2, -0.15) is 0 Å². The van der Waals surface area contributed by atoms with Gasteiger partial charge in [-0.1, -0.05) is 38.1 Å². The largest absolute Gasteiger partial charge is 0.409 e. The van der Waals surface area contributed by atoms with Crippen LogP contribution in [0.3, 0.4) is 0 Å². The number of carbonyl (C=O) groups is 1. The molecule has 0 saturated carbocycles. The van der Waals surface area contributed by atoms with E-state index in [-0.39, 0.29) is 17.2 Å². The predicted molar refractivity (Wildman–Crippen MR) is 84.7 cm³/mol. The van der Waals surface area contributed by atoms with Crippen molar-refractivity contribution in [3.05, 3.63) is 35.4 Å². The van der Waals surface area contributed by atoms with Gasteiger partial charge in [-0.25, -0.2) is 0 Å². The van der Waals surface area contributed by atoms with Gasteiger partial charge < -0.3 is 15.8 Å². The van der Waals surface area contributed by atoms with Gasteiger partial charge in [0.2, 0.25) is 0 Å². The van der Waals surface area contributed by atoms with Gasteiger partial charge in [0.15, 0.2) is 0 Å². The zero-order valence-electron chi connectivity index (χ0n) is 13.3. The lowest BCUT2D eigenvalue weighted by molar-refractivity contribution is 0.0768. The molecule has 21 heavy (non-hydrogen) atoms. The van der Waals surface area contributed by atoms with Crippen LogP contribution in [-0.2, 0) is 5.41 Å². The van der Waals surface area contributed by atoms with Crippen LogP contribution in [0, 0.1) is 0 Å². The molecule has 0 saturated heterocycles. The standard InChI is InChI=1S/C16H25N3O2/c1-5-19(11-10-14(17)18-21)15(20)12-6-8-13(9-7-12)16(2,3)4/h6-9,21H,5,10-11H2,1-4H3,(H2,17,18). The van der Waals surface area contributed by atoms with Gasteiger partial charge in [-0.15, -0.1) is 0 Å². The molecule has 0 unspecified atom stereocenters. The Balaban J connectivity index is 2.81. The maximum atomic E-state index is 12.4. The zero-order valence-corrected chi connectivity index (χ0v) is 13.3. The fraction of sp³-hybridized carbons (Fsp3) is 0.500. The molecule has 0 atom stereocenters. The number of nitrogens with zero attached hydrogens (tertiary/aromatic N) is 2. The van der Waals surface area contributed by atoms with Crippen LogP contribution >= 0.6 is 0 Å². The average molecular weight is 291 g/mol. The quantitative estimate of drug-likeness (QED) is 0.379. The number of hydrogen-bond acceptors (Lipinski definition) is 3. The van der Waals surface area contributed by atoms with Gasteiger partial charge in [0.1, 0.15) is 5.84 Å². The number of nitrogens with two attached hydrogens (primary N) is 1. The first-order chi connectivity index (χ1) is 9.79. The van der Waals surface area contributed by atoms with E-state index in [2.05, 4.69) is 25.9 Å². The molecular formula is C16H25N3O2. The summed E-state index contributed by atoms with van der Waals surface area (Å²) in [6.07, 6.45) is 0.357. The first-order valence-corrected chi connectivity index (χ1v) is 7.15. The third kappa shape index (κ3) is 4.77. The van der Waals surface area contributed by atoms with Crippen LogP contribution in [0.2, 0.25) is 0 Å². The van der Waals surface area contributed by atoms with E-state index >= 15 is 0 Å². The highest BCUT2D eigenvalue weighted by molar-refractivity contribution is 5.94. The van der Waals surface area contributed by atoms with Crippen LogP contribution in [0.1, 0.15) is 50.0 Å². The SMILES string of the molecule is CCN(CCC(N)=NO)C(=O)c1ccc(C(C)(C)C)cc1. The molecule has 0 aliphatic rings. The summed E-state index contributed by atoms with van der Waals surface area (Å²) >= 11 is 0. The fourth-order valence-corrected chi connectivity index (χ4v) is 2.00. The Hall–Kier alpha value is -2.04. The highest BCUT2D eigenvalue weighted by Gasteiger charge is 2.17. The predicted octanol–water partition coefficient (Wildman–Crippen LogP) is 2.58. The van der Waals surface area contributed by atoms with Crippen molar-refractivity contribution < 1.29 is 10.0 Å². The van der Waals surface area contributed by atoms with Crippen molar-refractivity contribution in [3.63, 3.8) is 0 Å². The number of amidine groups is 1. The average Bonchev–Trinajstić information content (AvgIpc) is 2.46. The van der Waals surface area contributed by atoms with Crippen molar-refractivity contribution in [3.8, 4) is 0 Å². The normalized spacial score (nSPS) is 12.3. The molecule has 0 spiro atoms. The molecule has 1 aromatic rings. The summed E-state index contributed by atoms with van der Waals surface area (Å²) < 4.78 is 0. The molecule has 5 heteroatoms. The number of hydrogen-bond donors (Lipinski definition) is 2. The van der Waals surface area contributed by atoms with Crippen molar-refractivity contribution in [2.24, 2.45) is 10.9 Å². The molecule has 0 bridgehead atoms. The maximum absolute atomic E-state index is 12.4. The third-order valence-corrected chi connectivity index (χ3v) is 3.43. The molecule has 0 fully saturated rings. The Labute approximate surface area is 126 Å². The van der Waals surface area contributed by atoms with E-state index in [1.807, 2.05) is 31.2 Å². The van der Waals surface area contributed by atoms with Crippen molar-refractivity contribution in [2.45, 2.75) is 39.5 Å². The van der Waals surface area contributed by atoms with Gasteiger partial charge in [0.25, 0.3) is 5.91 Å². The fourth-order valence-electron chi connectivity index (χ4n) is 2.00. The molecule has 1 rings (SSSR count). The van der Waals surface area contributed by atoms with Crippen LogP contribution in [0.5, 0.6) is 0 Å². The number of oxime groups is 1. The second-order valence-electron chi connectivity index (χ2n) is 6.05. The molecule has 0 aliphatic carbocycles. The second kappa shape index (κ2) is 7.11. The first kappa shape index (κ1) is 17.0. The topological polar surface area (TPSA) is 78.9 Å². The number of benzene rings is 1. The highest BCUT2D eigenvalue weighted by Crippen LogP contribution is 2.22. The molecule has 3 N–H and O–H groups in total. The lowest BCUT2D eigenvalue weighted by Gasteiger charge is -2.22. The minimum Gasteiger partial charge on any atom is -0.409 e. The van der Waals surface area contributed by atoms with Gasteiger partial charge >= 0.3 is 0 Å². The van der Waals surface area contributed by atoms with Gasteiger partial charge in [0, 0.05) is 25.1 Å². The number of rotatable bonds is 5. The summed E-state index contributed by atoms with van der Waals surface area (Å²) in [6, 6.07) is 7.69. The summed E-state index contributed by atoms with van der Waals surface area (Å²) in [5.74, 6) is 0.0908. The van der Waals surface area contributed by atoms with Crippen molar-refractivity contribution in [2.75, 3.05) is 13.1 Å². The smallest absolute Gasteiger partial charge is 0.253 e. The van der Waals surface area contributed by atoms with E-state index in [9.17, 15) is 4.79 Å². The second-order valence-corrected chi connectivity index (χ2v) is 6.05. The first-order valence-electron chi connectivity index (χ1n) is 7.15. The molecule has 0 heterocycles. The Morgan fingerprint density at radius 1 is 1.29 bits per heavy atom. The number of amides is 1. The molecule has 5 nitrogen and oxygen atoms in total. The minimum atomic E-state index is -0.0382. The summed E-state index contributed by atoms with van der Waals surface area (Å²) in [4.78, 5) is 14.1. The highest BCUT2D eigenvalue weighted by atomic mass is 16.4. The van der Waals surface area contributed by atoms with Crippen LogP contribution in [-0.4, -0.2) is 34.9 Å². The van der Waals surface area contributed by atoms with E-state index in [4.69, 9.17) is 10.9 Å². The molecule has 1 amide bonds.